The summed E-state index contributed by atoms with van der Waals surface area (Å²) in [6.45, 7) is 1.41. The molecule has 1 aromatic carbocycles. The monoisotopic (exact) mass is 276 g/mol. The van der Waals surface area contributed by atoms with Crippen molar-refractivity contribution < 1.29 is 13.9 Å². The second-order valence-electron chi connectivity index (χ2n) is 5.13. The number of rotatable bonds is 3. The summed E-state index contributed by atoms with van der Waals surface area (Å²) in [5, 5.41) is 3.92. The van der Waals surface area contributed by atoms with E-state index in [1.165, 1.54) is 12.1 Å². The van der Waals surface area contributed by atoms with Crippen LogP contribution in [-0.4, -0.2) is 30.1 Å². The second kappa shape index (κ2) is 5.63. The molecule has 1 saturated heterocycles. The van der Waals surface area contributed by atoms with E-state index in [4.69, 9.17) is 4.74 Å². The van der Waals surface area contributed by atoms with Crippen molar-refractivity contribution in [1.82, 2.24) is 10.3 Å². The number of hydrogen-bond acceptors (Lipinski definition) is 2. The summed E-state index contributed by atoms with van der Waals surface area (Å²) >= 11 is 0. The molecule has 0 radical (unpaired) electrons. The first-order valence-electron chi connectivity index (χ1n) is 6.85. The van der Waals surface area contributed by atoms with E-state index in [1.54, 1.807) is 12.3 Å². The van der Waals surface area contributed by atoms with Gasteiger partial charge >= 0.3 is 0 Å². The Morgan fingerprint density at radius 2 is 2.20 bits per heavy atom. The minimum atomic E-state index is -0.280. The van der Waals surface area contributed by atoms with E-state index in [-0.39, 0.29) is 17.8 Å². The predicted octanol–water partition coefficient (Wildman–Crippen LogP) is 2.14. The fraction of sp³-hybridized carbons (Fsp3) is 0.400. The lowest BCUT2D eigenvalue weighted by atomic mass is 10.1. The van der Waals surface area contributed by atoms with Gasteiger partial charge in [0.15, 0.2) is 0 Å². The summed E-state index contributed by atoms with van der Waals surface area (Å²) in [4.78, 5) is 15.0. The number of carbonyl (C=O) groups excluding carboxylic acids is 1. The number of benzene rings is 1. The van der Waals surface area contributed by atoms with E-state index in [2.05, 4.69) is 10.3 Å². The largest absolute Gasteiger partial charge is 0.381 e. The number of halogens is 1. The molecule has 4 nitrogen and oxygen atoms in total. The topological polar surface area (TPSA) is 54.1 Å². The van der Waals surface area contributed by atoms with E-state index in [1.807, 2.05) is 0 Å². The Morgan fingerprint density at radius 1 is 1.40 bits per heavy atom. The molecule has 1 aromatic heterocycles. The molecular weight excluding hydrogens is 259 g/mol. The third-order valence-corrected chi connectivity index (χ3v) is 3.67. The molecule has 0 bridgehead atoms. The van der Waals surface area contributed by atoms with Gasteiger partial charge in [-0.1, -0.05) is 0 Å². The van der Waals surface area contributed by atoms with Gasteiger partial charge in [-0.15, -0.1) is 0 Å². The zero-order chi connectivity index (χ0) is 13.9. The highest BCUT2D eigenvalue weighted by Gasteiger charge is 2.17. The van der Waals surface area contributed by atoms with Gasteiger partial charge in [-0.2, -0.15) is 0 Å². The Bertz CT molecular complexity index is 617. The smallest absolute Gasteiger partial charge is 0.224 e. The minimum Gasteiger partial charge on any atom is -0.381 e. The van der Waals surface area contributed by atoms with Crippen molar-refractivity contribution in [2.45, 2.75) is 25.3 Å². The highest BCUT2D eigenvalue weighted by molar-refractivity contribution is 5.89. The first-order valence-corrected chi connectivity index (χ1v) is 6.85. The molecule has 106 valence electrons. The number of ether oxygens (including phenoxy) is 1. The number of amides is 1. The molecule has 0 atom stereocenters. The molecule has 2 N–H and O–H groups in total. The van der Waals surface area contributed by atoms with Gasteiger partial charge in [0.2, 0.25) is 5.91 Å². The maximum absolute atomic E-state index is 13.1. The molecule has 1 aliphatic heterocycles. The molecular formula is C15H17FN2O2. The summed E-state index contributed by atoms with van der Waals surface area (Å²) in [6.07, 6.45) is 3.81. The van der Waals surface area contributed by atoms with Crippen molar-refractivity contribution in [3.05, 3.63) is 35.8 Å². The number of fused-ring (bicyclic) bond motifs is 1. The first kappa shape index (κ1) is 13.1. The number of H-pyrrole nitrogens is 1. The molecule has 5 heteroatoms. The Hall–Kier alpha value is -1.88. The SMILES string of the molecule is O=C(Cc1c[nH]c2cc(F)ccc12)NC1CCOCC1. The summed E-state index contributed by atoms with van der Waals surface area (Å²) in [5.74, 6) is -0.278. The van der Waals surface area contributed by atoms with Crippen molar-refractivity contribution >= 4 is 16.8 Å². The van der Waals surface area contributed by atoms with Gasteiger partial charge < -0.3 is 15.0 Å². The van der Waals surface area contributed by atoms with Gasteiger partial charge in [0.25, 0.3) is 0 Å². The van der Waals surface area contributed by atoms with Gasteiger partial charge in [0.1, 0.15) is 5.82 Å². The van der Waals surface area contributed by atoms with Crippen LogP contribution in [0.5, 0.6) is 0 Å². The molecule has 1 amide bonds. The normalized spacial score (nSPS) is 16.4. The summed E-state index contributed by atoms with van der Waals surface area (Å²) in [5.41, 5.74) is 1.61. The minimum absolute atomic E-state index is 0.00197. The van der Waals surface area contributed by atoms with Crippen molar-refractivity contribution in [2.24, 2.45) is 0 Å². The average molecular weight is 276 g/mol. The molecule has 0 saturated carbocycles. The van der Waals surface area contributed by atoms with Crippen molar-refractivity contribution in [2.75, 3.05) is 13.2 Å². The zero-order valence-corrected chi connectivity index (χ0v) is 11.1. The lowest BCUT2D eigenvalue weighted by Crippen LogP contribution is -2.39. The zero-order valence-electron chi connectivity index (χ0n) is 11.1. The molecule has 1 fully saturated rings. The van der Waals surface area contributed by atoms with Gasteiger partial charge in [0, 0.05) is 36.4 Å². The van der Waals surface area contributed by atoms with Crippen LogP contribution in [0, 0.1) is 5.82 Å². The Labute approximate surface area is 116 Å². The maximum Gasteiger partial charge on any atom is 0.224 e. The van der Waals surface area contributed by atoms with Crippen LogP contribution >= 0.6 is 0 Å². The van der Waals surface area contributed by atoms with Crippen LogP contribution in [0.2, 0.25) is 0 Å². The summed E-state index contributed by atoms with van der Waals surface area (Å²) < 4.78 is 18.4. The molecule has 0 aliphatic carbocycles. The average Bonchev–Trinajstić information content (AvgIpc) is 2.82. The number of nitrogens with one attached hydrogen (secondary N) is 2. The third-order valence-electron chi connectivity index (χ3n) is 3.67. The lowest BCUT2D eigenvalue weighted by Gasteiger charge is -2.23. The summed E-state index contributed by atoms with van der Waals surface area (Å²) in [7, 11) is 0. The van der Waals surface area contributed by atoms with Gasteiger partial charge in [-0.25, -0.2) is 4.39 Å². The lowest BCUT2D eigenvalue weighted by molar-refractivity contribution is -0.121. The molecule has 0 unspecified atom stereocenters. The standard InChI is InChI=1S/C15H17FN2O2/c16-11-1-2-13-10(9-17-14(13)8-11)7-15(19)18-12-3-5-20-6-4-12/h1-2,8-9,12,17H,3-7H2,(H,18,19). The number of hydrogen-bond donors (Lipinski definition) is 2. The molecule has 2 heterocycles. The third kappa shape index (κ3) is 2.82. The predicted molar refractivity (Wildman–Crippen MR) is 73.9 cm³/mol. The first-order chi connectivity index (χ1) is 9.72. The number of carbonyl (C=O) groups is 1. The van der Waals surface area contributed by atoms with Crippen LogP contribution in [0.25, 0.3) is 10.9 Å². The highest BCUT2D eigenvalue weighted by Crippen LogP contribution is 2.19. The quantitative estimate of drug-likeness (QED) is 0.902. The van der Waals surface area contributed by atoms with Crippen LogP contribution < -0.4 is 5.32 Å². The maximum atomic E-state index is 13.1. The van der Waals surface area contributed by atoms with Crippen LogP contribution in [0.1, 0.15) is 18.4 Å². The Balaban J connectivity index is 1.67. The Kier molecular flexibility index (Phi) is 3.69. The highest BCUT2D eigenvalue weighted by atomic mass is 19.1. The fourth-order valence-electron chi connectivity index (χ4n) is 2.60. The van der Waals surface area contributed by atoms with E-state index in [9.17, 15) is 9.18 Å². The van der Waals surface area contributed by atoms with Crippen molar-refractivity contribution in [3.63, 3.8) is 0 Å². The molecule has 3 rings (SSSR count). The van der Waals surface area contributed by atoms with Crippen LogP contribution in [0.3, 0.4) is 0 Å². The van der Waals surface area contributed by atoms with Gasteiger partial charge in [-0.05, 0) is 36.6 Å². The van der Waals surface area contributed by atoms with Gasteiger partial charge in [0.05, 0.1) is 6.42 Å². The molecule has 2 aromatic rings. The number of aromatic amines is 1. The van der Waals surface area contributed by atoms with Gasteiger partial charge in [-0.3, -0.25) is 4.79 Å². The Morgan fingerprint density at radius 3 is 3.00 bits per heavy atom. The summed E-state index contributed by atoms with van der Waals surface area (Å²) in [6, 6.07) is 4.77. The van der Waals surface area contributed by atoms with E-state index >= 15 is 0 Å². The second-order valence-corrected chi connectivity index (χ2v) is 5.13. The molecule has 20 heavy (non-hydrogen) atoms. The van der Waals surface area contributed by atoms with Crippen molar-refractivity contribution in [3.8, 4) is 0 Å². The molecule has 0 spiro atoms. The van der Waals surface area contributed by atoms with Crippen molar-refractivity contribution in [1.29, 1.82) is 0 Å². The van der Waals surface area contributed by atoms with Crippen LogP contribution in [-0.2, 0) is 16.0 Å². The molecule has 1 aliphatic rings. The fourth-order valence-corrected chi connectivity index (χ4v) is 2.60. The van der Waals surface area contributed by atoms with E-state index in [0.717, 1.165) is 29.3 Å². The van der Waals surface area contributed by atoms with E-state index < -0.39 is 0 Å². The van der Waals surface area contributed by atoms with E-state index in [0.29, 0.717) is 19.6 Å². The van der Waals surface area contributed by atoms with Crippen LogP contribution in [0.4, 0.5) is 4.39 Å². The number of aromatic nitrogens is 1. The van der Waals surface area contributed by atoms with Crippen LogP contribution in [0.15, 0.2) is 24.4 Å².